The minimum atomic E-state index is -0.485. The molecule has 2 amide bonds. The monoisotopic (exact) mass is 358 g/mol. The van der Waals surface area contributed by atoms with Gasteiger partial charge < -0.3 is 15.4 Å². The van der Waals surface area contributed by atoms with Gasteiger partial charge in [0.2, 0.25) is 5.91 Å². The van der Waals surface area contributed by atoms with Gasteiger partial charge in [0.1, 0.15) is 11.8 Å². The van der Waals surface area contributed by atoms with Gasteiger partial charge in [0.15, 0.2) is 6.61 Å². The molecule has 130 valence electrons. The standard InChI is InChI=1S/C19H19ClN2O3/c20-15-11-14(13-5-2-1-3-6-13)8-9-17(15)25-12-18(23)22-16-7-4-10-21-19(16)24/h1-3,5-6,8-9,11,16H,4,7,10,12H2,(H,21,24)(H,22,23). The van der Waals surface area contributed by atoms with E-state index in [1.165, 1.54) is 0 Å². The average molecular weight is 359 g/mol. The highest BCUT2D eigenvalue weighted by Crippen LogP contribution is 2.30. The molecular formula is C19H19ClN2O3. The molecule has 1 saturated heterocycles. The van der Waals surface area contributed by atoms with Crippen LogP contribution >= 0.6 is 11.6 Å². The molecule has 0 radical (unpaired) electrons. The predicted octanol–water partition coefficient (Wildman–Crippen LogP) is 2.78. The van der Waals surface area contributed by atoms with Gasteiger partial charge >= 0.3 is 0 Å². The molecule has 25 heavy (non-hydrogen) atoms. The highest BCUT2D eigenvalue weighted by molar-refractivity contribution is 6.32. The van der Waals surface area contributed by atoms with Crippen molar-refractivity contribution in [3.8, 4) is 16.9 Å². The van der Waals surface area contributed by atoms with Crippen molar-refractivity contribution in [2.75, 3.05) is 13.2 Å². The van der Waals surface area contributed by atoms with Gasteiger partial charge in [-0.1, -0.05) is 48.0 Å². The van der Waals surface area contributed by atoms with Crippen LogP contribution in [0.3, 0.4) is 0 Å². The zero-order valence-corrected chi connectivity index (χ0v) is 14.4. The Kier molecular flexibility index (Phi) is 5.56. The quantitative estimate of drug-likeness (QED) is 0.863. The number of amides is 2. The van der Waals surface area contributed by atoms with Crippen LogP contribution in [0, 0.1) is 0 Å². The summed E-state index contributed by atoms with van der Waals surface area (Å²) in [5, 5.41) is 5.84. The molecule has 0 spiro atoms. The number of piperidine rings is 1. The van der Waals surface area contributed by atoms with Gasteiger partial charge in [-0.25, -0.2) is 0 Å². The molecule has 0 aliphatic carbocycles. The zero-order chi connectivity index (χ0) is 17.6. The molecule has 2 aromatic rings. The van der Waals surface area contributed by atoms with Crippen LogP contribution in [-0.2, 0) is 9.59 Å². The van der Waals surface area contributed by atoms with E-state index in [2.05, 4.69) is 10.6 Å². The van der Waals surface area contributed by atoms with E-state index in [1.807, 2.05) is 36.4 Å². The SMILES string of the molecule is O=C(COc1ccc(-c2ccccc2)cc1Cl)NC1CCCNC1=O. The molecule has 5 nitrogen and oxygen atoms in total. The van der Waals surface area contributed by atoms with Crippen LogP contribution in [0.5, 0.6) is 5.75 Å². The fourth-order valence-electron chi connectivity index (χ4n) is 2.72. The average Bonchev–Trinajstić information content (AvgIpc) is 2.63. The van der Waals surface area contributed by atoms with E-state index in [0.717, 1.165) is 17.5 Å². The smallest absolute Gasteiger partial charge is 0.258 e. The van der Waals surface area contributed by atoms with E-state index in [0.29, 0.717) is 23.7 Å². The zero-order valence-electron chi connectivity index (χ0n) is 13.6. The number of carbonyl (C=O) groups excluding carboxylic acids is 2. The molecular weight excluding hydrogens is 340 g/mol. The van der Waals surface area contributed by atoms with Gasteiger partial charge in [-0.05, 0) is 36.1 Å². The number of rotatable bonds is 5. The lowest BCUT2D eigenvalue weighted by Gasteiger charge is -2.22. The van der Waals surface area contributed by atoms with E-state index in [-0.39, 0.29) is 18.4 Å². The van der Waals surface area contributed by atoms with E-state index in [1.54, 1.807) is 12.1 Å². The van der Waals surface area contributed by atoms with E-state index in [9.17, 15) is 9.59 Å². The fraction of sp³-hybridized carbons (Fsp3) is 0.263. The summed E-state index contributed by atoms with van der Waals surface area (Å²) in [6.07, 6.45) is 1.49. The summed E-state index contributed by atoms with van der Waals surface area (Å²) in [5.74, 6) is -0.0558. The predicted molar refractivity (Wildman–Crippen MR) is 96.6 cm³/mol. The van der Waals surface area contributed by atoms with Crippen molar-refractivity contribution in [2.24, 2.45) is 0 Å². The van der Waals surface area contributed by atoms with Gasteiger partial charge in [-0.15, -0.1) is 0 Å². The topological polar surface area (TPSA) is 67.4 Å². The Morgan fingerprint density at radius 3 is 2.72 bits per heavy atom. The first-order valence-electron chi connectivity index (χ1n) is 8.18. The Morgan fingerprint density at radius 1 is 1.20 bits per heavy atom. The molecule has 3 rings (SSSR count). The second kappa shape index (κ2) is 8.03. The first-order chi connectivity index (χ1) is 12.1. The maximum Gasteiger partial charge on any atom is 0.258 e. The molecule has 1 unspecified atom stereocenters. The lowest BCUT2D eigenvalue weighted by atomic mass is 10.1. The fourth-order valence-corrected chi connectivity index (χ4v) is 2.95. The van der Waals surface area contributed by atoms with Crippen molar-refractivity contribution in [1.29, 1.82) is 0 Å². The first-order valence-corrected chi connectivity index (χ1v) is 8.56. The minimum absolute atomic E-state index is 0.148. The van der Waals surface area contributed by atoms with Crippen molar-refractivity contribution in [1.82, 2.24) is 10.6 Å². The van der Waals surface area contributed by atoms with E-state index >= 15 is 0 Å². The van der Waals surface area contributed by atoms with Crippen LogP contribution < -0.4 is 15.4 Å². The Labute approximate surface area is 151 Å². The normalized spacial score (nSPS) is 16.8. The number of halogens is 1. The Morgan fingerprint density at radius 2 is 2.00 bits per heavy atom. The Balaban J connectivity index is 1.58. The summed E-state index contributed by atoms with van der Waals surface area (Å²) in [4.78, 5) is 23.6. The second-order valence-electron chi connectivity index (χ2n) is 5.85. The van der Waals surface area contributed by atoms with Crippen molar-refractivity contribution < 1.29 is 14.3 Å². The van der Waals surface area contributed by atoms with Crippen molar-refractivity contribution in [2.45, 2.75) is 18.9 Å². The highest BCUT2D eigenvalue weighted by atomic mass is 35.5. The van der Waals surface area contributed by atoms with Gasteiger partial charge in [0.05, 0.1) is 5.02 Å². The molecule has 0 bridgehead atoms. The molecule has 2 N–H and O–H groups in total. The molecule has 1 heterocycles. The van der Waals surface area contributed by atoms with Crippen LogP contribution in [0.1, 0.15) is 12.8 Å². The van der Waals surface area contributed by atoms with Crippen LogP contribution in [0.15, 0.2) is 48.5 Å². The summed E-state index contributed by atoms with van der Waals surface area (Å²) in [7, 11) is 0. The lowest BCUT2D eigenvalue weighted by Crippen LogP contribution is -2.51. The molecule has 1 aliphatic heterocycles. The number of hydrogen-bond donors (Lipinski definition) is 2. The summed E-state index contributed by atoms with van der Waals surface area (Å²) < 4.78 is 5.49. The van der Waals surface area contributed by atoms with E-state index < -0.39 is 6.04 Å². The number of ether oxygens (including phenoxy) is 1. The third-order valence-electron chi connectivity index (χ3n) is 4.02. The van der Waals surface area contributed by atoms with Crippen molar-refractivity contribution in [3.63, 3.8) is 0 Å². The number of hydrogen-bond acceptors (Lipinski definition) is 3. The maximum absolute atomic E-state index is 12.0. The molecule has 0 aromatic heterocycles. The van der Waals surface area contributed by atoms with Crippen LogP contribution in [0.25, 0.3) is 11.1 Å². The Hall–Kier alpha value is -2.53. The minimum Gasteiger partial charge on any atom is -0.482 e. The Bertz CT molecular complexity index is 765. The van der Waals surface area contributed by atoms with Crippen LogP contribution in [0.2, 0.25) is 5.02 Å². The van der Waals surface area contributed by atoms with Crippen molar-refractivity contribution >= 4 is 23.4 Å². The largest absolute Gasteiger partial charge is 0.482 e. The van der Waals surface area contributed by atoms with Crippen LogP contribution in [-0.4, -0.2) is 31.0 Å². The number of benzene rings is 2. The van der Waals surface area contributed by atoms with Crippen molar-refractivity contribution in [3.05, 3.63) is 53.6 Å². The van der Waals surface area contributed by atoms with Gasteiger partial charge in [-0.2, -0.15) is 0 Å². The molecule has 1 aliphatic rings. The van der Waals surface area contributed by atoms with Gasteiger partial charge in [0.25, 0.3) is 5.91 Å². The lowest BCUT2D eigenvalue weighted by molar-refractivity contribution is -0.131. The third kappa shape index (κ3) is 4.51. The number of carbonyl (C=O) groups is 2. The molecule has 1 atom stereocenters. The molecule has 1 fully saturated rings. The summed E-state index contributed by atoms with van der Waals surface area (Å²) in [6.45, 7) is 0.471. The second-order valence-corrected chi connectivity index (χ2v) is 6.26. The highest BCUT2D eigenvalue weighted by Gasteiger charge is 2.23. The number of nitrogens with one attached hydrogen (secondary N) is 2. The van der Waals surface area contributed by atoms with Gasteiger partial charge in [0, 0.05) is 6.54 Å². The summed E-state index contributed by atoms with van der Waals surface area (Å²) in [5.41, 5.74) is 2.03. The maximum atomic E-state index is 12.0. The van der Waals surface area contributed by atoms with Gasteiger partial charge in [-0.3, -0.25) is 9.59 Å². The first kappa shape index (κ1) is 17.3. The molecule has 0 saturated carbocycles. The summed E-state index contributed by atoms with van der Waals surface area (Å²) in [6, 6.07) is 14.8. The van der Waals surface area contributed by atoms with Crippen LogP contribution in [0.4, 0.5) is 0 Å². The molecule has 6 heteroatoms. The summed E-state index contributed by atoms with van der Waals surface area (Å²) >= 11 is 6.26. The van der Waals surface area contributed by atoms with E-state index in [4.69, 9.17) is 16.3 Å². The third-order valence-corrected chi connectivity index (χ3v) is 4.31. The molecule has 2 aromatic carbocycles.